The second-order valence-electron chi connectivity index (χ2n) is 5.88. The van der Waals surface area contributed by atoms with Crippen molar-refractivity contribution in [3.05, 3.63) is 54.0 Å². The van der Waals surface area contributed by atoms with Crippen LogP contribution >= 0.6 is 0 Å². The third-order valence-electron chi connectivity index (χ3n) is 3.65. The van der Waals surface area contributed by atoms with E-state index in [1.54, 1.807) is 12.1 Å². The third kappa shape index (κ3) is 5.24. The fourth-order valence-electron chi connectivity index (χ4n) is 2.23. The van der Waals surface area contributed by atoms with E-state index in [0.717, 1.165) is 0 Å². The fourth-order valence-corrected chi connectivity index (χ4v) is 2.23. The first kappa shape index (κ1) is 17.7. The number of carbonyl (C=O) groups is 2. The molecule has 3 N–H and O–H groups in total. The number of carbonyl (C=O) groups excluding carboxylic acids is 1. The molecule has 0 aliphatic carbocycles. The Labute approximate surface area is 140 Å². The summed E-state index contributed by atoms with van der Waals surface area (Å²) in [6.45, 7) is 4.44. The number of nitrogens with one attached hydrogen (secondary N) is 2. The van der Waals surface area contributed by atoms with Crippen LogP contribution in [0.15, 0.2) is 47.1 Å². The fraction of sp³-hybridized carbons (Fsp3) is 0.333. The number of furan rings is 1. The number of carboxylic acids is 1. The zero-order valence-corrected chi connectivity index (χ0v) is 13.8. The highest BCUT2D eigenvalue weighted by molar-refractivity contribution is 5.94. The number of carboxylic acid groups (broad SMARTS) is 1. The number of rotatable bonds is 8. The molecule has 1 unspecified atom stereocenters. The van der Waals surface area contributed by atoms with Crippen molar-refractivity contribution in [3.63, 3.8) is 0 Å². The summed E-state index contributed by atoms with van der Waals surface area (Å²) in [6.07, 6.45) is 1.35. The van der Waals surface area contributed by atoms with Gasteiger partial charge in [0, 0.05) is 5.69 Å². The van der Waals surface area contributed by atoms with Crippen molar-refractivity contribution < 1.29 is 19.1 Å². The summed E-state index contributed by atoms with van der Waals surface area (Å²) in [5, 5.41) is 14.8. The van der Waals surface area contributed by atoms with E-state index < -0.39 is 12.0 Å². The number of hydrogen-bond acceptors (Lipinski definition) is 4. The lowest BCUT2D eigenvalue weighted by Crippen LogP contribution is -2.39. The largest absolute Gasteiger partial charge is 0.480 e. The Kier molecular flexibility index (Phi) is 6.14. The molecule has 1 atom stereocenters. The van der Waals surface area contributed by atoms with Crippen molar-refractivity contribution in [1.82, 2.24) is 5.32 Å². The average molecular weight is 330 g/mol. The maximum absolute atomic E-state index is 12.1. The standard InChI is InChI=1S/C18H22N2O4/c1-12(2)13-5-7-14(8-6-13)20-17(21)10-16(18(22)23)19-11-15-4-3-9-24-15/h3-9,12,16,19H,10-11H2,1-2H3,(H,20,21)(H,22,23). The Morgan fingerprint density at radius 2 is 1.88 bits per heavy atom. The summed E-state index contributed by atoms with van der Waals surface area (Å²) in [5.74, 6) is -0.402. The van der Waals surface area contributed by atoms with Crippen molar-refractivity contribution in [2.75, 3.05) is 5.32 Å². The smallest absolute Gasteiger partial charge is 0.321 e. The first-order valence-corrected chi connectivity index (χ1v) is 7.84. The van der Waals surface area contributed by atoms with Crippen LogP contribution in [-0.2, 0) is 16.1 Å². The predicted octanol–water partition coefficient (Wildman–Crippen LogP) is 2.97. The molecule has 1 aromatic heterocycles. The predicted molar refractivity (Wildman–Crippen MR) is 90.7 cm³/mol. The number of amides is 1. The Morgan fingerprint density at radius 1 is 1.17 bits per heavy atom. The summed E-state index contributed by atoms with van der Waals surface area (Å²) in [4.78, 5) is 23.4. The van der Waals surface area contributed by atoms with Crippen molar-refractivity contribution in [2.45, 2.75) is 38.8 Å². The van der Waals surface area contributed by atoms with E-state index in [1.807, 2.05) is 24.3 Å². The Morgan fingerprint density at radius 3 is 2.42 bits per heavy atom. The van der Waals surface area contributed by atoms with E-state index in [4.69, 9.17) is 4.42 Å². The Balaban J connectivity index is 1.88. The zero-order chi connectivity index (χ0) is 17.5. The van der Waals surface area contributed by atoms with Gasteiger partial charge in [0.15, 0.2) is 0 Å². The van der Waals surface area contributed by atoms with E-state index in [2.05, 4.69) is 24.5 Å². The van der Waals surface area contributed by atoms with Gasteiger partial charge in [-0.1, -0.05) is 26.0 Å². The molecule has 128 valence electrons. The zero-order valence-electron chi connectivity index (χ0n) is 13.8. The number of aliphatic carboxylic acids is 1. The van der Waals surface area contributed by atoms with Gasteiger partial charge in [0.1, 0.15) is 11.8 Å². The lowest BCUT2D eigenvalue weighted by Gasteiger charge is -2.14. The van der Waals surface area contributed by atoms with E-state index >= 15 is 0 Å². The van der Waals surface area contributed by atoms with E-state index in [-0.39, 0.29) is 18.9 Å². The van der Waals surface area contributed by atoms with Gasteiger partial charge >= 0.3 is 5.97 Å². The molecule has 2 rings (SSSR count). The summed E-state index contributed by atoms with van der Waals surface area (Å²) in [7, 11) is 0. The van der Waals surface area contributed by atoms with E-state index in [9.17, 15) is 14.7 Å². The molecule has 1 aromatic carbocycles. The monoisotopic (exact) mass is 330 g/mol. The molecule has 6 nitrogen and oxygen atoms in total. The molecule has 0 fully saturated rings. The van der Waals surface area contributed by atoms with Crippen LogP contribution < -0.4 is 10.6 Å². The van der Waals surface area contributed by atoms with E-state index in [0.29, 0.717) is 17.4 Å². The molecule has 0 aliphatic heterocycles. The molecule has 0 saturated heterocycles. The summed E-state index contributed by atoms with van der Waals surface area (Å²) < 4.78 is 5.14. The molecule has 24 heavy (non-hydrogen) atoms. The Bertz CT molecular complexity index is 663. The van der Waals surface area contributed by atoms with Crippen LogP contribution in [0.25, 0.3) is 0 Å². The van der Waals surface area contributed by atoms with Gasteiger partial charge in [-0.25, -0.2) is 0 Å². The van der Waals surface area contributed by atoms with Crippen molar-refractivity contribution in [3.8, 4) is 0 Å². The number of anilines is 1. The van der Waals surface area contributed by atoms with Crippen LogP contribution in [0.1, 0.15) is 37.5 Å². The minimum atomic E-state index is -1.08. The van der Waals surface area contributed by atoms with Crippen molar-refractivity contribution in [1.29, 1.82) is 0 Å². The molecule has 0 bridgehead atoms. The van der Waals surface area contributed by atoms with Gasteiger partial charge in [-0.15, -0.1) is 0 Å². The van der Waals surface area contributed by atoms with Crippen molar-refractivity contribution >= 4 is 17.6 Å². The highest BCUT2D eigenvalue weighted by Gasteiger charge is 2.21. The lowest BCUT2D eigenvalue weighted by atomic mass is 10.0. The SMILES string of the molecule is CC(C)c1ccc(NC(=O)CC(NCc2ccco2)C(=O)O)cc1. The second-order valence-corrected chi connectivity index (χ2v) is 5.88. The summed E-state index contributed by atoms with van der Waals surface area (Å²) in [5.41, 5.74) is 1.83. The highest BCUT2D eigenvalue weighted by Crippen LogP contribution is 2.17. The molecule has 0 aliphatic rings. The quantitative estimate of drug-likeness (QED) is 0.692. The molecular formula is C18H22N2O4. The topological polar surface area (TPSA) is 91.6 Å². The first-order chi connectivity index (χ1) is 11.5. The molecular weight excluding hydrogens is 308 g/mol. The number of benzene rings is 1. The van der Waals surface area contributed by atoms with Crippen LogP contribution in [0.4, 0.5) is 5.69 Å². The van der Waals surface area contributed by atoms with Crippen LogP contribution in [0, 0.1) is 0 Å². The molecule has 0 saturated carbocycles. The van der Waals surface area contributed by atoms with Gasteiger partial charge < -0.3 is 14.8 Å². The molecule has 0 spiro atoms. The number of hydrogen-bond donors (Lipinski definition) is 3. The maximum Gasteiger partial charge on any atom is 0.321 e. The van der Waals surface area contributed by atoms with Gasteiger partial charge in [-0.05, 0) is 35.7 Å². The minimum absolute atomic E-state index is 0.165. The normalized spacial score (nSPS) is 12.1. The van der Waals surface area contributed by atoms with E-state index in [1.165, 1.54) is 11.8 Å². The molecule has 1 amide bonds. The maximum atomic E-state index is 12.1. The molecule has 0 radical (unpaired) electrons. The van der Waals surface area contributed by atoms with Gasteiger partial charge in [0.05, 0.1) is 19.2 Å². The van der Waals surface area contributed by atoms with Gasteiger partial charge in [0.2, 0.25) is 5.91 Å². The molecule has 1 heterocycles. The second kappa shape index (κ2) is 8.31. The van der Waals surface area contributed by atoms with Gasteiger partial charge in [-0.3, -0.25) is 14.9 Å². The van der Waals surface area contributed by atoms with Crippen LogP contribution in [-0.4, -0.2) is 23.0 Å². The van der Waals surface area contributed by atoms with Gasteiger partial charge in [0.25, 0.3) is 0 Å². The molecule has 2 aromatic rings. The summed E-state index contributed by atoms with van der Waals surface area (Å²) in [6, 6.07) is 10.0. The Hall–Kier alpha value is -2.60. The highest BCUT2D eigenvalue weighted by atomic mass is 16.4. The van der Waals surface area contributed by atoms with Crippen LogP contribution in [0.2, 0.25) is 0 Å². The van der Waals surface area contributed by atoms with Gasteiger partial charge in [-0.2, -0.15) is 0 Å². The third-order valence-corrected chi connectivity index (χ3v) is 3.65. The average Bonchev–Trinajstić information content (AvgIpc) is 3.05. The minimum Gasteiger partial charge on any atom is -0.480 e. The molecule has 6 heteroatoms. The first-order valence-electron chi connectivity index (χ1n) is 7.84. The summed E-state index contributed by atoms with van der Waals surface area (Å²) >= 11 is 0. The lowest BCUT2D eigenvalue weighted by molar-refractivity contribution is -0.141. The van der Waals surface area contributed by atoms with Crippen LogP contribution in [0.3, 0.4) is 0 Å². The van der Waals surface area contributed by atoms with Crippen molar-refractivity contribution in [2.24, 2.45) is 0 Å². The van der Waals surface area contributed by atoms with Crippen LogP contribution in [0.5, 0.6) is 0 Å².